The molecule has 1 rings (SSSR count). The highest BCUT2D eigenvalue weighted by Crippen LogP contribution is 2.16. The van der Waals surface area contributed by atoms with E-state index in [1.54, 1.807) is 24.3 Å². The number of amides is 1. The molecule has 1 N–H and O–H groups in total. The molecule has 0 saturated heterocycles. The third-order valence-electron chi connectivity index (χ3n) is 1.83. The highest BCUT2D eigenvalue weighted by molar-refractivity contribution is 5.92. The average molecular weight is 204 g/mol. The van der Waals surface area contributed by atoms with E-state index in [2.05, 4.69) is 10.3 Å². The van der Waals surface area contributed by atoms with E-state index in [0.717, 1.165) is 0 Å². The van der Waals surface area contributed by atoms with Gasteiger partial charge in [-0.3, -0.25) is 4.79 Å². The van der Waals surface area contributed by atoms with E-state index in [4.69, 9.17) is 0 Å². The lowest BCUT2D eigenvalue weighted by Crippen LogP contribution is -2.17. The molecular formula is C11H12N2O2. The Labute approximate surface area is 88.0 Å². The summed E-state index contributed by atoms with van der Waals surface area (Å²) in [4.78, 5) is 24.7. The number of anilines is 1. The molecule has 1 amide bonds. The molecule has 0 fully saturated rings. The van der Waals surface area contributed by atoms with Crippen LogP contribution >= 0.6 is 0 Å². The summed E-state index contributed by atoms with van der Waals surface area (Å²) in [6, 6.07) is 6.66. The average Bonchev–Trinajstić information content (AvgIpc) is 2.21. The SMILES string of the molecule is CC(C)C(=O)Nc1ccc(N=C=O)cc1. The molecule has 1 aromatic carbocycles. The van der Waals surface area contributed by atoms with Crippen LogP contribution in [0.5, 0.6) is 0 Å². The maximum atomic E-state index is 11.3. The minimum absolute atomic E-state index is 0.0401. The van der Waals surface area contributed by atoms with Crippen molar-refractivity contribution < 1.29 is 9.59 Å². The molecule has 15 heavy (non-hydrogen) atoms. The molecule has 0 heterocycles. The van der Waals surface area contributed by atoms with Gasteiger partial charge in [0.05, 0.1) is 5.69 Å². The topological polar surface area (TPSA) is 58.5 Å². The van der Waals surface area contributed by atoms with Crippen molar-refractivity contribution in [2.45, 2.75) is 13.8 Å². The molecule has 0 aromatic heterocycles. The lowest BCUT2D eigenvalue weighted by molar-refractivity contribution is -0.118. The van der Waals surface area contributed by atoms with Gasteiger partial charge in [-0.05, 0) is 24.3 Å². The van der Waals surface area contributed by atoms with Crippen molar-refractivity contribution in [1.29, 1.82) is 0 Å². The van der Waals surface area contributed by atoms with Gasteiger partial charge in [0, 0.05) is 11.6 Å². The van der Waals surface area contributed by atoms with Crippen molar-refractivity contribution in [3.8, 4) is 0 Å². The first kappa shape index (κ1) is 11.1. The summed E-state index contributed by atoms with van der Waals surface area (Å²) in [5, 5.41) is 2.73. The van der Waals surface area contributed by atoms with Gasteiger partial charge in [0.1, 0.15) is 0 Å². The Kier molecular flexibility index (Phi) is 3.77. The summed E-state index contributed by atoms with van der Waals surface area (Å²) >= 11 is 0. The lowest BCUT2D eigenvalue weighted by atomic mass is 10.2. The van der Waals surface area contributed by atoms with Gasteiger partial charge in [0.25, 0.3) is 0 Å². The van der Waals surface area contributed by atoms with Gasteiger partial charge in [-0.2, -0.15) is 4.99 Å². The minimum atomic E-state index is -0.0577. The molecule has 0 radical (unpaired) electrons. The van der Waals surface area contributed by atoms with Crippen molar-refractivity contribution in [3.05, 3.63) is 24.3 Å². The summed E-state index contributed by atoms with van der Waals surface area (Å²) in [5.41, 5.74) is 1.21. The maximum absolute atomic E-state index is 11.3. The second-order valence-corrected chi connectivity index (χ2v) is 3.39. The summed E-state index contributed by atoms with van der Waals surface area (Å²) in [7, 11) is 0. The predicted molar refractivity (Wildman–Crippen MR) is 57.7 cm³/mol. The molecule has 1 aromatic rings. The number of hydrogen-bond donors (Lipinski definition) is 1. The van der Waals surface area contributed by atoms with Crippen molar-refractivity contribution in [1.82, 2.24) is 0 Å². The van der Waals surface area contributed by atoms with Crippen LogP contribution in [0.15, 0.2) is 29.3 Å². The molecule has 0 aliphatic carbocycles. The van der Waals surface area contributed by atoms with E-state index in [-0.39, 0.29) is 11.8 Å². The number of hydrogen-bond acceptors (Lipinski definition) is 3. The molecule has 4 nitrogen and oxygen atoms in total. The number of nitrogens with zero attached hydrogens (tertiary/aromatic N) is 1. The standard InChI is InChI=1S/C11H12N2O2/c1-8(2)11(15)13-10-5-3-9(4-6-10)12-7-14/h3-6,8H,1-2H3,(H,13,15). The fourth-order valence-electron chi connectivity index (χ4n) is 0.959. The minimum Gasteiger partial charge on any atom is -0.326 e. The van der Waals surface area contributed by atoms with Crippen LogP contribution in [0.4, 0.5) is 11.4 Å². The second-order valence-electron chi connectivity index (χ2n) is 3.39. The van der Waals surface area contributed by atoms with Crippen LogP contribution in [0.25, 0.3) is 0 Å². The molecule has 0 saturated carbocycles. The van der Waals surface area contributed by atoms with Crippen molar-refractivity contribution in [2.24, 2.45) is 10.9 Å². The number of carbonyl (C=O) groups is 1. The maximum Gasteiger partial charge on any atom is 0.240 e. The number of carbonyl (C=O) groups excluding carboxylic acids is 2. The van der Waals surface area contributed by atoms with Crippen LogP contribution in [-0.2, 0) is 9.59 Å². The first-order chi connectivity index (χ1) is 7.13. The second kappa shape index (κ2) is 5.08. The van der Waals surface area contributed by atoms with Gasteiger partial charge in [0.2, 0.25) is 12.0 Å². The monoisotopic (exact) mass is 204 g/mol. The molecule has 4 heteroatoms. The van der Waals surface area contributed by atoms with Crippen LogP contribution in [-0.4, -0.2) is 12.0 Å². The quantitative estimate of drug-likeness (QED) is 0.606. The van der Waals surface area contributed by atoms with Gasteiger partial charge in [-0.1, -0.05) is 13.8 Å². The normalized spacial score (nSPS) is 9.53. The van der Waals surface area contributed by atoms with Crippen LogP contribution < -0.4 is 5.32 Å². The fourth-order valence-corrected chi connectivity index (χ4v) is 0.959. The van der Waals surface area contributed by atoms with E-state index in [9.17, 15) is 9.59 Å². The predicted octanol–water partition coefficient (Wildman–Crippen LogP) is 2.25. The highest BCUT2D eigenvalue weighted by Gasteiger charge is 2.06. The van der Waals surface area contributed by atoms with Gasteiger partial charge in [-0.25, -0.2) is 4.79 Å². The third kappa shape index (κ3) is 3.37. The number of rotatable bonds is 3. The van der Waals surface area contributed by atoms with Crippen molar-refractivity contribution in [3.63, 3.8) is 0 Å². The molecule has 0 spiro atoms. The number of benzene rings is 1. The Morgan fingerprint density at radius 1 is 1.33 bits per heavy atom. The summed E-state index contributed by atoms with van der Waals surface area (Å²) < 4.78 is 0. The van der Waals surface area contributed by atoms with Crippen LogP contribution in [0.3, 0.4) is 0 Å². The van der Waals surface area contributed by atoms with E-state index in [1.165, 1.54) is 6.08 Å². The first-order valence-electron chi connectivity index (χ1n) is 4.62. The molecular weight excluding hydrogens is 192 g/mol. The molecule has 78 valence electrons. The van der Waals surface area contributed by atoms with Crippen LogP contribution in [0.2, 0.25) is 0 Å². The van der Waals surface area contributed by atoms with Crippen molar-refractivity contribution in [2.75, 3.05) is 5.32 Å². The molecule has 0 unspecified atom stereocenters. The zero-order valence-corrected chi connectivity index (χ0v) is 8.65. The Hall–Kier alpha value is -1.93. The smallest absolute Gasteiger partial charge is 0.240 e. The van der Waals surface area contributed by atoms with Gasteiger partial charge in [0.15, 0.2) is 0 Å². The van der Waals surface area contributed by atoms with Crippen LogP contribution in [0, 0.1) is 5.92 Å². The lowest BCUT2D eigenvalue weighted by Gasteiger charge is -2.07. The molecule has 0 atom stereocenters. The molecule has 0 aliphatic rings. The number of aliphatic imine (C=N–C) groups is 1. The van der Waals surface area contributed by atoms with Gasteiger partial charge < -0.3 is 5.32 Å². The zero-order chi connectivity index (χ0) is 11.3. The zero-order valence-electron chi connectivity index (χ0n) is 8.65. The first-order valence-corrected chi connectivity index (χ1v) is 4.62. The van der Waals surface area contributed by atoms with Crippen molar-refractivity contribution >= 4 is 23.4 Å². The summed E-state index contributed by atoms with van der Waals surface area (Å²) in [6.07, 6.45) is 1.45. The molecule has 0 aliphatic heterocycles. The summed E-state index contributed by atoms with van der Waals surface area (Å²) in [5.74, 6) is -0.0979. The molecule has 0 bridgehead atoms. The highest BCUT2D eigenvalue weighted by atomic mass is 16.1. The van der Waals surface area contributed by atoms with Gasteiger partial charge >= 0.3 is 0 Å². The Bertz CT molecular complexity index is 390. The summed E-state index contributed by atoms with van der Waals surface area (Å²) in [6.45, 7) is 3.64. The van der Waals surface area contributed by atoms with Gasteiger partial charge in [-0.15, -0.1) is 0 Å². The van der Waals surface area contributed by atoms with E-state index in [0.29, 0.717) is 11.4 Å². The fraction of sp³-hybridized carbons (Fsp3) is 0.273. The Morgan fingerprint density at radius 2 is 1.93 bits per heavy atom. The van der Waals surface area contributed by atoms with Crippen LogP contribution in [0.1, 0.15) is 13.8 Å². The number of nitrogens with one attached hydrogen (secondary N) is 1. The third-order valence-corrected chi connectivity index (χ3v) is 1.83. The largest absolute Gasteiger partial charge is 0.326 e. The Balaban J connectivity index is 2.72. The van der Waals surface area contributed by atoms with E-state index < -0.39 is 0 Å². The van der Waals surface area contributed by atoms with E-state index >= 15 is 0 Å². The Morgan fingerprint density at radius 3 is 2.40 bits per heavy atom. The number of isocyanates is 1. The van der Waals surface area contributed by atoms with E-state index in [1.807, 2.05) is 13.8 Å².